The number of amides is 1. The van der Waals surface area contributed by atoms with E-state index in [1.54, 1.807) is 18.2 Å². The monoisotopic (exact) mass is 422 g/mol. The molecule has 2 aliphatic rings. The van der Waals surface area contributed by atoms with E-state index in [0.717, 1.165) is 31.4 Å². The molecule has 2 aromatic carbocycles. The van der Waals surface area contributed by atoms with Crippen LogP contribution in [0.15, 0.2) is 47.6 Å². The van der Waals surface area contributed by atoms with E-state index in [2.05, 4.69) is 27.6 Å². The van der Waals surface area contributed by atoms with Crippen LogP contribution in [0, 0.1) is 5.82 Å². The topological polar surface area (TPSA) is 59.8 Å². The van der Waals surface area contributed by atoms with Gasteiger partial charge in [-0.25, -0.2) is 4.39 Å². The molecule has 0 radical (unpaired) electrons. The zero-order chi connectivity index (χ0) is 20.7. The van der Waals surface area contributed by atoms with Gasteiger partial charge in [0.2, 0.25) is 5.91 Å². The number of hydrogen-bond acceptors (Lipinski definition) is 4. The molecule has 0 spiro atoms. The van der Waals surface area contributed by atoms with Gasteiger partial charge in [0.25, 0.3) is 0 Å². The van der Waals surface area contributed by atoms with Gasteiger partial charge in [-0.05, 0) is 74.4 Å². The Bertz CT molecular complexity index is 1110. The summed E-state index contributed by atoms with van der Waals surface area (Å²) in [4.78, 5) is 12.8. The third-order valence-electron chi connectivity index (χ3n) is 5.71. The van der Waals surface area contributed by atoms with Crippen LogP contribution in [0.5, 0.6) is 0 Å². The first-order valence-electron chi connectivity index (χ1n) is 10.4. The molecule has 2 aliphatic carbocycles. The highest BCUT2D eigenvalue weighted by Crippen LogP contribution is 2.42. The standard InChI is InChI=1S/C23H23FN4OS/c1-14(22(29)25-17-10-9-15-5-4-6-16(15)13-17)30-23-27-26-21(28(23)18-11-12-18)19-7-2-3-8-20(19)24/h2-3,7-10,13-14,18H,4-6,11-12H2,1H3,(H,25,29)/t14-/m0/s1. The van der Waals surface area contributed by atoms with Crippen molar-refractivity contribution < 1.29 is 9.18 Å². The van der Waals surface area contributed by atoms with E-state index >= 15 is 0 Å². The van der Waals surface area contributed by atoms with Crippen molar-refractivity contribution in [2.45, 2.75) is 55.5 Å². The second-order valence-corrected chi connectivity index (χ2v) is 9.28. The summed E-state index contributed by atoms with van der Waals surface area (Å²) in [6, 6.07) is 13.0. The predicted octanol–water partition coefficient (Wildman–Crippen LogP) is 5.03. The summed E-state index contributed by atoms with van der Waals surface area (Å²) in [5.41, 5.74) is 3.99. The van der Waals surface area contributed by atoms with Gasteiger partial charge < -0.3 is 5.32 Å². The van der Waals surface area contributed by atoms with Gasteiger partial charge in [-0.1, -0.05) is 30.0 Å². The molecule has 1 saturated carbocycles. The number of aryl methyl sites for hydroxylation is 2. The number of halogens is 1. The normalized spacial score (nSPS) is 16.3. The minimum atomic E-state index is -0.353. The highest BCUT2D eigenvalue weighted by molar-refractivity contribution is 8.00. The summed E-state index contributed by atoms with van der Waals surface area (Å²) < 4.78 is 16.3. The molecule has 1 aromatic heterocycles. The first-order chi connectivity index (χ1) is 14.6. The number of hydrogen-bond donors (Lipinski definition) is 1. The van der Waals surface area contributed by atoms with E-state index < -0.39 is 0 Å². The number of nitrogens with one attached hydrogen (secondary N) is 1. The van der Waals surface area contributed by atoms with Crippen molar-refractivity contribution in [1.82, 2.24) is 14.8 Å². The molecule has 7 heteroatoms. The minimum Gasteiger partial charge on any atom is -0.325 e. The lowest BCUT2D eigenvalue weighted by molar-refractivity contribution is -0.115. The molecule has 0 saturated heterocycles. The van der Waals surface area contributed by atoms with Crippen LogP contribution in [-0.2, 0) is 17.6 Å². The molecule has 1 atom stereocenters. The van der Waals surface area contributed by atoms with Crippen LogP contribution in [-0.4, -0.2) is 25.9 Å². The van der Waals surface area contributed by atoms with Gasteiger partial charge in [0.15, 0.2) is 11.0 Å². The van der Waals surface area contributed by atoms with Crippen LogP contribution in [0.25, 0.3) is 11.4 Å². The van der Waals surface area contributed by atoms with Crippen molar-refractivity contribution in [1.29, 1.82) is 0 Å². The Morgan fingerprint density at radius 1 is 1.17 bits per heavy atom. The average Bonchev–Trinajstić information content (AvgIpc) is 3.32. The van der Waals surface area contributed by atoms with E-state index in [1.807, 2.05) is 17.6 Å². The Labute approximate surface area is 179 Å². The lowest BCUT2D eigenvalue weighted by Crippen LogP contribution is -2.23. The number of aromatic nitrogens is 3. The fourth-order valence-electron chi connectivity index (χ4n) is 3.95. The second-order valence-electron chi connectivity index (χ2n) is 7.97. The molecule has 0 aliphatic heterocycles. The smallest absolute Gasteiger partial charge is 0.237 e. The van der Waals surface area contributed by atoms with Crippen molar-refractivity contribution in [2.75, 3.05) is 5.32 Å². The minimum absolute atomic E-state index is 0.0734. The van der Waals surface area contributed by atoms with Crippen LogP contribution in [0.4, 0.5) is 10.1 Å². The molecule has 5 rings (SSSR count). The Morgan fingerprint density at radius 3 is 2.77 bits per heavy atom. The molecule has 0 unspecified atom stereocenters. The molecule has 1 heterocycles. The first kappa shape index (κ1) is 19.3. The highest BCUT2D eigenvalue weighted by Gasteiger charge is 2.32. The number of nitrogens with zero attached hydrogens (tertiary/aromatic N) is 3. The molecular weight excluding hydrogens is 399 g/mol. The summed E-state index contributed by atoms with van der Waals surface area (Å²) >= 11 is 1.37. The molecular formula is C23H23FN4OS. The van der Waals surface area contributed by atoms with E-state index in [0.29, 0.717) is 16.5 Å². The summed E-state index contributed by atoms with van der Waals surface area (Å²) in [6.07, 6.45) is 5.41. The fraction of sp³-hybridized carbons (Fsp3) is 0.348. The maximum absolute atomic E-state index is 14.3. The van der Waals surface area contributed by atoms with Gasteiger partial charge >= 0.3 is 0 Å². The SMILES string of the molecule is C[C@H](Sc1nnc(-c2ccccc2F)n1C1CC1)C(=O)Nc1ccc2c(c1)CCC2. The predicted molar refractivity (Wildman–Crippen MR) is 116 cm³/mol. The maximum atomic E-state index is 14.3. The Kier molecular flexibility index (Phi) is 5.06. The Balaban J connectivity index is 1.34. The summed E-state index contributed by atoms with van der Waals surface area (Å²) in [6.45, 7) is 1.86. The van der Waals surface area contributed by atoms with Gasteiger partial charge in [-0.2, -0.15) is 0 Å². The molecule has 30 heavy (non-hydrogen) atoms. The van der Waals surface area contributed by atoms with Gasteiger partial charge in [0.1, 0.15) is 5.82 Å². The largest absolute Gasteiger partial charge is 0.325 e. The zero-order valence-corrected chi connectivity index (χ0v) is 17.6. The van der Waals surface area contributed by atoms with Gasteiger partial charge in [-0.15, -0.1) is 10.2 Å². The van der Waals surface area contributed by atoms with Crippen LogP contribution in [0.3, 0.4) is 0 Å². The zero-order valence-electron chi connectivity index (χ0n) is 16.8. The molecule has 5 nitrogen and oxygen atoms in total. The molecule has 1 N–H and O–H groups in total. The second kappa shape index (κ2) is 7.87. The highest BCUT2D eigenvalue weighted by atomic mass is 32.2. The quantitative estimate of drug-likeness (QED) is 0.566. The molecule has 0 bridgehead atoms. The molecule has 1 amide bonds. The number of anilines is 1. The van der Waals surface area contributed by atoms with Gasteiger partial charge in [0.05, 0.1) is 10.8 Å². The maximum Gasteiger partial charge on any atom is 0.237 e. The van der Waals surface area contributed by atoms with Crippen molar-refractivity contribution in [2.24, 2.45) is 0 Å². The lowest BCUT2D eigenvalue weighted by atomic mass is 10.1. The molecule has 1 fully saturated rings. The number of carbonyl (C=O) groups excluding carboxylic acids is 1. The number of fused-ring (bicyclic) bond motifs is 1. The Morgan fingerprint density at radius 2 is 1.97 bits per heavy atom. The molecule has 154 valence electrons. The first-order valence-corrected chi connectivity index (χ1v) is 11.3. The number of benzene rings is 2. The van der Waals surface area contributed by atoms with Crippen LogP contribution >= 0.6 is 11.8 Å². The van der Waals surface area contributed by atoms with Gasteiger partial charge in [-0.3, -0.25) is 9.36 Å². The van der Waals surface area contributed by atoms with Crippen molar-refractivity contribution in [3.63, 3.8) is 0 Å². The fourth-order valence-corrected chi connectivity index (χ4v) is 4.87. The summed E-state index contributed by atoms with van der Waals surface area (Å²) in [5, 5.41) is 11.9. The van der Waals surface area contributed by atoms with Crippen molar-refractivity contribution in [3.05, 3.63) is 59.4 Å². The number of rotatable bonds is 6. The third kappa shape index (κ3) is 3.74. The van der Waals surface area contributed by atoms with E-state index in [9.17, 15) is 9.18 Å². The third-order valence-corrected chi connectivity index (χ3v) is 6.77. The van der Waals surface area contributed by atoms with Crippen LogP contribution in [0.2, 0.25) is 0 Å². The van der Waals surface area contributed by atoms with Crippen LogP contribution < -0.4 is 5.32 Å². The van der Waals surface area contributed by atoms with E-state index in [4.69, 9.17) is 0 Å². The van der Waals surface area contributed by atoms with Crippen molar-refractivity contribution in [3.8, 4) is 11.4 Å². The average molecular weight is 423 g/mol. The van der Waals surface area contributed by atoms with Crippen LogP contribution in [0.1, 0.15) is 43.4 Å². The summed E-state index contributed by atoms with van der Waals surface area (Å²) in [5.74, 6) is 0.144. The number of thioether (sulfide) groups is 1. The van der Waals surface area contributed by atoms with Gasteiger partial charge in [0, 0.05) is 11.7 Å². The van der Waals surface area contributed by atoms with Crippen molar-refractivity contribution >= 4 is 23.4 Å². The Hall–Kier alpha value is -2.67. The lowest BCUT2D eigenvalue weighted by Gasteiger charge is -2.14. The van der Waals surface area contributed by atoms with E-state index in [1.165, 1.54) is 35.4 Å². The van der Waals surface area contributed by atoms with E-state index in [-0.39, 0.29) is 23.0 Å². The summed E-state index contributed by atoms with van der Waals surface area (Å²) in [7, 11) is 0. The number of carbonyl (C=O) groups is 1. The molecule has 3 aromatic rings.